The number of aryl methyl sites for hydroxylation is 1. The van der Waals surface area contributed by atoms with Gasteiger partial charge in [0.05, 0.1) is 6.04 Å². The molecular weight excluding hydrogens is 212 g/mol. The zero-order valence-corrected chi connectivity index (χ0v) is 9.79. The maximum Gasteiger partial charge on any atom is 0.254 e. The third-order valence-electron chi connectivity index (χ3n) is 2.44. The Kier molecular flexibility index (Phi) is 5.38. The third kappa shape index (κ3) is 3.56. The minimum absolute atomic E-state index is 0.276. The molecule has 0 fully saturated rings. The largest absolute Gasteiger partial charge is 0.335 e. The number of nitrogens with zero attached hydrogens (tertiary/aromatic N) is 2. The van der Waals surface area contributed by atoms with Gasteiger partial charge >= 0.3 is 0 Å². The predicted octanol–water partition coefficient (Wildman–Crippen LogP) is 2.08. The SMILES string of the molecule is CCCn1ccnc1CC(NCC)C(F)F. The maximum absolute atomic E-state index is 12.7. The average Bonchev–Trinajstić information content (AvgIpc) is 2.65. The number of rotatable bonds is 7. The molecule has 0 saturated carbocycles. The van der Waals surface area contributed by atoms with Gasteiger partial charge < -0.3 is 9.88 Å². The van der Waals surface area contributed by atoms with Gasteiger partial charge in [0.1, 0.15) is 5.82 Å². The molecule has 0 spiro atoms. The standard InChI is InChI=1S/C11H19F2N3/c1-3-6-16-7-5-15-10(16)8-9(11(12)13)14-4-2/h5,7,9,11,14H,3-4,6,8H2,1-2H3. The molecule has 5 heteroatoms. The lowest BCUT2D eigenvalue weighted by molar-refractivity contribution is 0.0977. The van der Waals surface area contributed by atoms with E-state index in [0.717, 1.165) is 18.8 Å². The van der Waals surface area contributed by atoms with Crippen LogP contribution < -0.4 is 5.32 Å². The van der Waals surface area contributed by atoms with E-state index >= 15 is 0 Å². The summed E-state index contributed by atoms with van der Waals surface area (Å²) in [7, 11) is 0. The van der Waals surface area contributed by atoms with Gasteiger partial charge in [0.15, 0.2) is 0 Å². The lowest BCUT2D eigenvalue weighted by Crippen LogP contribution is -2.38. The molecular formula is C11H19F2N3. The molecule has 1 aromatic heterocycles. The molecule has 0 aromatic carbocycles. The van der Waals surface area contributed by atoms with Gasteiger partial charge in [-0.05, 0) is 13.0 Å². The van der Waals surface area contributed by atoms with Crippen molar-refractivity contribution in [3.63, 3.8) is 0 Å². The van der Waals surface area contributed by atoms with Crippen LogP contribution in [0.15, 0.2) is 12.4 Å². The highest BCUT2D eigenvalue weighted by Gasteiger charge is 2.21. The van der Waals surface area contributed by atoms with Gasteiger partial charge in [0.25, 0.3) is 6.43 Å². The highest BCUT2D eigenvalue weighted by Crippen LogP contribution is 2.09. The smallest absolute Gasteiger partial charge is 0.254 e. The monoisotopic (exact) mass is 231 g/mol. The first kappa shape index (κ1) is 13.1. The molecule has 0 amide bonds. The van der Waals surface area contributed by atoms with E-state index in [1.807, 2.05) is 17.7 Å². The van der Waals surface area contributed by atoms with Gasteiger partial charge in [-0.2, -0.15) is 0 Å². The molecule has 0 aliphatic heterocycles. The second kappa shape index (κ2) is 6.58. The molecule has 3 nitrogen and oxygen atoms in total. The van der Waals surface area contributed by atoms with Crippen molar-refractivity contribution in [1.82, 2.24) is 14.9 Å². The van der Waals surface area contributed by atoms with Gasteiger partial charge in [-0.1, -0.05) is 13.8 Å². The Labute approximate surface area is 94.9 Å². The van der Waals surface area contributed by atoms with E-state index in [0.29, 0.717) is 6.54 Å². The van der Waals surface area contributed by atoms with Crippen LogP contribution in [-0.4, -0.2) is 28.6 Å². The number of hydrogen-bond donors (Lipinski definition) is 1. The van der Waals surface area contributed by atoms with E-state index in [4.69, 9.17) is 0 Å². The molecule has 1 rings (SSSR count). The van der Waals surface area contributed by atoms with Crippen molar-refractivity contribution in [3.05, 3.63) is 18.2 Å². The van der Waals surface area contributed by atoms with Crippen LogP contribution in [0.4, 0.5) is 8.78 Å². The van der Waals surface area contributed by atoms with Crippen molar-refractivity contribution in [2.24, 2.45) is 0 Å². The number of likely N-dealkylation sites (N-methyl/N-ethyl adjacent to an activating group) is 1. The van der Waals surface area contributed by atoms with Crippen molar-refractivity contribution in [2.75, 3.05) is 6.54 Å². The topological polar surface area (TPSA) is 29.9 Å². The molecule has 1 unspecified atom stereocenters. The van der Waals surface area contributed by atoms with Gasteiger partial charge in [-0.25, -0.2) is 13.8 Å². The van der Waals surface area contributed by atoms with Gasteiger partial charge in [0.2, 0.25) is 0 Å². The zero-order valence-electron chi connectivity index (χ0n) is 9.79. The summed E-state index contributed by atoms with van der Waals surface area (Å²) >= 11 is 0. The second-order valence-electron chi connectivity index (χ2n) is 3.74. The predicted molar refractivity (Wildman–Crippen MR) is 59.7 cm³/mol. The Bertz CT molecular complexity index is 299. The Morgan fingerprint density at radius 3 is 2.75 bits per heavy atom. The molecule has 0 saturated heterocycles. The van der Waals surface area contributed by atoms with Crippen molar-refractivity contribution < 1.29 is 8.78 Å². The van der Waals surface area contributed by atoms with Crippen molar-refractivity contribution >= 4 is 0 Å². The molecule has 1 N–H and O–H groups in total. The minimum Gasteiger partial charge on any atom is -0.335 e. The molecule has 0 aliphatic carbocycles. The van der Waals surface area contributed by atoms with E-state index in [9.17, 15) is 8.78 Å². The fraction of sp³-hybridized carbons (Fsp3) is 0.727. The van der Waals surface area contributed by atoms with E-state index in [1.54, 1.807) is 6.20 Å². The Balaban J connectivity index is 2.65. The number of alkyl halides is 2. The molecule has 1 atom stereocenters. The average molecular weight is 231 g/mol. The van der Waals surface area contributed by atoms with Crippen molar-refractivity contribution in [3.8, 4) is 0 Å². The summed E-state index contributed by atoms with van der Waals surface area (Å²) in [4.78, 5) is 4.13. The molecule has 16 heavy (non-hydrogen) atoms. The van der Waals surface area contributed by atoms with Crippen LogP contribution in [0.3, 0.4) is 0 Å². The first-order valence-corrected chi connectivity index (χ1v) is 5.70. The molecule has 92 valence electrons. The normalized spacial score (nSPS) is 13.3. The van der Waals surface area contributed by atoms with E-state index in [-0.39, 0.29) is 6.42 Å². The summed E-state index contributed by atoms with van der Waals surface area (Å²) in [5.41, 5.74) is 0. The highest BCUT2D eigenvalue weighted by atomic mass is 19.3. The Morgan fingerprint density at radius 1 is 1.44 bits per heavy atom. The molecule has 1 aromatic rings. The summed E-state index contributed by atoms with van der Waals surface area (Å²) in [6.07, 6.45) is 2.40. The van der Waals surface area contributed by atoms with Crippen molar-refractivity contribution in [1.29, 1.82) is 0 Å². The van der Waals surface area contributed by atoms with Crippen LogP contribution >= 0.6 is 0 Å². The van der Waals surface area contributed by atoms with Gasteiger partial charge in [0, 0.05) is 25.4 Å². The van der Waals surface area contributed by atoms with Gasteiger partial charge in [-0.15, -0.1) is 0 Å². The van der Waals surface area contributed by atoms with Crippen LogP contribution in [0.2, 0.25) is 0 Å². The summed E-state index contributed by atoms with van der Waals surface area (Å²) in [6, 6.07) is -0.803. The van der Waals surface area contributed by atoms with Crippen molar-refractivity contribution in [2.45, 2.75) is 45.7 Å². The number of imidazole rings is 1. The van der Waals surface area contributed by atoms with E-state index in [2.05, 4.69) is 17.2 Å². The van der Waals surface area contributed by atoms with Crippen LogP contribution in [0, 0.1) is 0 Å². The number of hydrogen-bond acceptors (Lipinski definition) is 2. The summed E-state index contributed by atoms with van der Waals surface area (Å²) < 4.78 is 27.3. The van der Waals surface area contributed by atoms with E-state index in [1.165, 1.54) is 0 Å². The summed E-state index contributed by atoms with van der Waals surface area (Å²) in [5, 5.41) is 2.79. The molecule has 0 radical (unpaired) electrons. The van der Waals surface area contributed by atoms with Crippen LogP contribution in [0.5, 0.6) is 0 Å². The van der Waals surface area contributed by atoms with E-state index < -0.39 is 12.5 Å². The molecule has 0 bridgehead atoms. The number of halogens is 2. The van der Waals surface area contributed by atoms with Crippen LogP contribution in [0.25, 0.3) is 0 Å². The first-order valence-electron chi connectivity index (χ1n) is 5.70. The number of nitrogens with one attached hydrogen (secondary N) is 1. The highest BCUT2D eigenvalue weighted by molar-refractivity contribution is 4.96. The van der Waals surface area contributed by atoms with Gasteiger partial charge in [-0.3, -0.25) is 0 Å². The minimum atomic E-state index is -2.35. The molecule has 1 heterocycles. The fourth-order valence-electron chi connectivity index (χ4n) is 1.68. The Hall–Kier alpha value is -0.970. The quantitative estimate of drug-likeness (QED) is 0.778. The number of aromatic nitrogens is 2. The fourth-order valence-corrected chi connectivity index (χ4v) is 1.68. The van der Waals surface area contributed by atoms with Crippen LogP contribution in [0.1, 0.15) is 26.1 Å². The Morgan fingerprint density at radius 2 is 2.19 bits per heavy atom. The third-order valence-corrected chi connectivity index (χ3v) is 2.44. The lowest BCUT2D eigenvalue weighted by Gasteiger charge is -2.17. The molecule has 0 aliphatic rings. The zero-order chi connectivity index (χ0) is 12.0. The second-order valence-corrected chi connectivity index (χ2v) is 3.74. The lowest BCUT2D eigenvalue weighted by atomic mass is 10.2. The summed E-state index contributed by atoms with van der Waals surface area (Å²) in [6.45, 7) is 5.26. The maximum atomic E-state index is 12.7. The first-order chi connectivity index (χ1) is 7.69. The summed E-state index contributed by atoms with van der Waals surface area (Å²) in [5.74, 6) is 0.730. The van der Waals surface area contributed by atoms with Crippen LogP contribution in [-0.2, 0) is 13.0 Å².